The van der Waals surface area contributed by atoms with Crippen molar-refractivity contribution in [3.05, 3.63) is 88.7 Å². The summed E-state index contributed by atoms with van der Waals surface area (Å²) in [6.07, 6.45) is 3.39. The lowest BCUT2D eigenvalue weighted by atomic mass is 10.1. The SMILES string of the molecule is CC(Cc1ccccc1)NC(=O)c1cccs1.O=CNc1cccc2[nH]ccc12. The molecule has 0 aliphatic rings. The van der Waals surface area contributed by atoms with Gasteiger partial charge in [-0.3, -0.25) is 9.59 Å². The minimum Gasteiger partial charge on any atom is -0.361 e. The summed E-state index contributed by atoms with van der Waals surface area (Å²) in [7, 11) is 0. The zero-order valence-corrected chi connectivity index (χ0v) is 16.9. The molecule has 0 bridgehead atoms. The summed E-state index contributed by atoms with van der Waals surface area (Å²) in [5, 5.41) is 8.58. The van der Waals surface area contributed by atoms with Crippen molar-refractivity contribution in [2.75, 3.05) is 5.32 Å². The third-order valence-corrected chi connectivity index (χ3v) is 5.19. The Morgan fingerprint density at radius 1 is 1.07 bits per heavy atom. The van der Waals surface area contributed by atoms with Gasteiger partial charge in [-0.15, -0.1) is 11.3 Å². The van der Waals surface area contributed by atoms with Crippen molar-refractivity contribution in [2.24, 2.45) is 0 Å². The highest BCUT2D eigenvalue weighted by Gasteiger charge is 2.10. The molecule has 29 heavy (non-hydrogen) atoms. The molecule has 1 atom stereocenters. The lowest BCUT2D eigenvalue weighted by Crippen LogP contribution is -2.33. The fourth-order valence-corrected chi connectivity index (χ4v) is 3.62. The first kappa shape index (κ1) is 20.4. The van der Waals surface area contributed by atoms with Gasteiger partial charge in [0.25, 0.3) is 5.91 Å². The molecule has 5 nitrogen and oxygen atoms in total. The molecular weight excluding hydrogens is 382 g/mol. The normalized spacial score (nSPS) is 11.2. The summed E-state index contributed by atoms with van der Waals surface area (Å²) in [6.45, 7) is 2.03. The second-order valence-corrected chi connectivity index (χ2v) is 7.50. The average Bonchev–Trinajstić information content (AvgIpc) is 3.42. The van der Waals surface area contributed by atoms with Crippen molar-refractivity contribution in [2.45, 2.75) is 19.4 Å². The highest BCUT2D eigenvalue weighted by Crippen LogP contribution is 2.21. The number of amides is 2. The van der Waals surface area contributed by atoms with Gasteiger partial charge < -0.3 is 15.6 Å². The second-order valence-electron chi connectivity index (χ2n) is 6.55. The van der Waals surface area contributed by atoms with Gasteiger partial charge in [0.2, 0.25) is 6.41 Å². The van der Waals surface area contributed by atoms with E-state index in [0.29, 0.717) is 6.41 Å². The molecule has 4 aromatic rings. The second kappa shape index (κ2) is 10.2. The maximum absolute atomic E-state index is 11.8. The van der Waals surface area contributed by atoms with E-state index in [1.54, 1.807) is 0 Å². The van der Waals surface area contributed by atoms with Gasteiger partial charge in [0.1, 0.15) is 0 Å². The number of fused-ring (bicyclic) bond motifs is 1. The number of rotatable bonds is 6. The summed E-state index contributed by atoms with van der Waals surface area (Å²) >= 11 is 1.47. The van der Waals surface area contributed by atoms with Crippen molar-refractivity contribution < 1.29 is 9.59 Å². The zero-order chi connectivity index (χ0) is 20.5. The van der Waals surface area contributed by atoms with Gasteiger partial charge in [0, 0.05) is 28.8 Å². The van der Waals surface area contributed by atoms with E-state index < -0.39 is 0 Å². The van der Waals surface area contributed by atoms with Gasteiger partial charge in [-0.25, -0.2) is 0 Å². The molecule has 0 aliphatic heterocycles. The number of benzene rings is 2. The molecule has 0 fully saturated rings. The molecule has 0 aliphatic carbocycles. The fraction of sp³-hybridized carbons (Fsp3) is 0.130. The number of nitrogens with one attached hydrogen (secondary N) is 3. The molecule has 3 N–H and O–H groups in total. The van der Waals surface area contributed by atoms with Gasteiger partial charge in [-0.2, -0.15) is 0 Å². The maximum Gasteiger partial charge on any atom is 0.261 e. The minimum absolute atomic E-state index is 0.0171. The molecule has 1 unspecified atom stereocenters. The molecular formula is C23H23N3O2S. The van der Waals surface area contributed by atoms with Crippen molar-refractivity contribution in [1.82, 2.24) is 10.3 Å². The van der Waals surface area contributed by atoms with Crippen LogP contribution in [-0.4, -0.2) is 23.3 Å². The predicted molar refractivity (Wildman–Crippen MR) is 119 cm³/mol. The fourth-order valence-electron chi connectivity index (χ4n) is 3.00. The van der Waals surface area contributed by atoms with Crippen LogP contribution in [0.15, 0.2) is 78.3 Å². The number of carbonyl (C=O) groups is 2. The molecule has 0 saturated carbocycles. The summed E-state index contributed by atoms with van der Waals surface area (Å²) < 4.78 is 0. The number of aromatic amines is 1. The molecule has 0 radical (unpaired) electrons. The quantitative estimate of drug-likeness (QED) is 0.401. The van der Waals surface area contributed by atoms with Crippen LogP contribution in [-0.2, 0) is 11.2 Å². The number of carbonyl (C=O) groups excluding carboxylic acids is 2. The Morgan fingerprint density at radius 3 is 2.62 bits per heavy atom. The van der Waals surface area contributed by atoms with Crippen LogP contribution in [0.3, 0.4) is 0 Å². The lowest BCUT2D eigenvalue weighted by molar-refractivity contribution is -0.105. The lowest BCUT2D eigenvalue weighted by Gasteiger charge is -2.13. The van der Waals surface area contributed by atoms with E-state index in [0.717, 1.165) is 27.9 Å². The first-order valence-corrected chi connectivity index (χ1v) is 10.2. The molecule has 0 saturated heterocycles. The standard InChI is InChI=1S/C14H15NOS.C9H8N2O/c1-11(10-12-6-3-2-4-7-12)15-14(16)13-8-5-9-17-13;12-6-11-9-3-1-2-8-7(9)4-5-10-8/h2-9,11H,10H2,1H3,(H,15,16);1-6,10H,(H,11,12). The summed E-state index contributed by atoms with van der Waals surface area (Å²) in [5.74, 6) is 0.0171. The molecule has 2 heterocycles. The minimum atomic E-state index is 0.0171. The molecule has 2 amide bonds. The van der Waals surface area contributed by atoms with E-state index >= 15 is 0 Å². The average molecular weight is 406 g/mol. The Morgan fingerprint density at radius 2 is 1.90 bits per heavy atom. The molecule has 148 valence electrons. The van der Waals surface area contributed by atoms with Crippen molar-refractivity contribution in [3.8, 4) is 0 Å². The van der Waals surface area contributed by atoms with Crippen LogP contribution >= 0.6 is 11.3 Å². The van der Waals surface area contributed by atoms with E-state index in [1.807, 2.05) is 73.1 Å². The van der Waals surface area contributed by atoms with Gasteiger partial charge in [-0.1, -0.05) is 42.5 Å². The first-order valence-electron chi connectivity index (χ1n) is 9.32. The summed E-state index contributed by atoms with van der Waals surface area (Å²) in [4.78, 5) is 25.9. The van der Waals surface area contributed by atoms with Gasteiger partial charge in [-0.05, 0) is 48.6 Å². The van der Waals surface area contributed by atoms with Crippen molar-refractivity contribution in [3.63, 3.8) is 0 Å². The highest BCUT2D eigenvalue weighted by atomic mass is 32.1. The number of H-pyrrole nitrogens is 1. The van der Waals surface area contributed by atoms with E-state index in [9.17, 15) is 9.59 Å². The van der Waals surface area contributed by atoms with Crippen LogP contribution in [0.1, 0.15) is 22.2 Å². The van der Waals surface area contributed by atoms with Crippen molar-refractivity contribution >= 4 is 40.2 Å². The first-order chi connectivity index (χ1) is 14.2. The molecule has 0 spiro atoms. The Balaban J connectivity index is 0.000000176. The van der Waals surface area contributed by atoms with E-state index in [2.05, 4.69) is 27.8 Å². The van der Waals surface area contributed by atoms with E-state index in [-0.39, 0.29) is 11.9 Å². The predicted octanol–water partition coefficient (Wildman–Crippen LogP) is 4.85. The Hall–Kier alpha value is -3.38. The van der Waals surface area contributed by atoms with Crippen LogP contribution in [0.2, 0.25) is 0 Å². The summed E-state index contributed by atoms with van der Waals surface area (Å²) in [6, 6.07) is 21.7. The van der Waals surface area contributed by atoms with Crippen LogP contribution in [0.25, 0.3) is 10.9 Å². The maximum atomic E-state index is 11.8. The van der Waals surface area contributed by atoms with E-state index in [4.69, 9.17) is 0 Å². The Kier molecular flexibility index (Phi) is 7.19. The number of thiophene rings is 1. The van der Waals surface area contributed by atoms with Gasteiger partial charge in [0.05, 0.1) is 4.88 Å². The number of hydrogen-bond donors (Lipinski definition) is 3. The Bertz CT molecular complexity index is 1040. The third kappa shape index (κ3) is 5.80. The van der Waals surface area contributed by atoms with Crippen LogP contribution in [0.4, 0.5) is 5.69 Å². The molecule has 6 heteroatoms. The molecule has 2 aromatic carbocycles. The highest BCUT2D eigenvalue weighted by molar-refractivity contribution is 7.12. The summed E-state index contributed by atoms with van der Waals surface area (Å²) in [5.41, 5.74) is 3.11. The Labute approximate surface area is 173 Å². The molecule has 4 rings (SSSR count). The van der Waals surface area contributed by atoms with Crippen LogP contribution in [0.5, 0.6) is 0 Å². The van der Waals surface area contributed by atoms with Gasteiger partial charge >= 0.3 is 0 Å². The smallest absolute Gasteiger partial charge is 0.261 e. The van der Waals surface area contributed by atoms with E-state index in [1.165, 1.54) is 16.9 Å². The van der Waals surface area contributed by atoms with Gasteiger partial charge in [0.15, 0.2) is 0 Å². The zero-order valence-electron chi connectivity index (χ0n) is 16.1. The number of hydrogen-bond acceptors (Lipinski definition) is 3. The molecule has 2 aromatic heterocycles. The van der Waals surface area contributed by atoms with Crippen LogP contribution < -0.4 is 10.6 Å². The number of anilines is 1. The third-order valence-electron chi connectivity index (χ3n) is 4.32. The van der Waals surface area contributed by atoms with Crippen LogP contribution in [0, 0.1) is 0 Å². The van der Waals surface area contributed by atoms with Crippen molar-refractivity contribution in [1.29, 1.82) is 0 Å². The topological polar surface area (TPSA) is 74.0 Å². The largest absolute Gasteiger partial charge is 0.361 e. The monoisotopic (exact) mass is 405 g/mol. The number of aromatic nitrogens is 1.